The largest absolute Gasteiger partial charge is 0.493 e. The number of ether oxygens (including phenoxy) is 1. The second-order valence-electron chi connectivity index (χ2n) is 5.53. The number of benzene rings is 1. The number of hydrogen-bond acceptors (Lipinski definition) is 3. The summed E-state index contributed by atoms with van der Waals surface area (Å²) in [5, 5.41) is 2.92. The molecule has 0 heterocycles. The van der Waals surface area contributed by atoms with Gasteiger partial charge in [0.25, 0.3) is 0 Å². The maximum atomic E-state index is 11.6. The van der Waals surface area contributed by atoms with E-state index in [9.17, 15) is 4.79 Å². The number of hydrogen-bond donors (Lipinski definition) is 2. The van der Waals surface area contributed by atoms with Crippen molar-refractivity contribution in [2.45, 2.75) is 39.2 Å². The number of carbonyl (C=O) groups excluding carboxylic acids is 1. The van der Waals surface area contributed by atoms with Crippen molar-refractivity contribution in [3.63, 3.8) is 0 Å². The van der Waals surface area contributed by atoms with Crippen LogP contribution in [0, 0.1) is 12.8 Å². The smallest absolute Gasteiger partial charge is 0.220 e. The zero-order valence-corrected chi connectivity index (χ0v) is 12.2. The first-order chi connectivity index (χ1) is 9.69. The van der Waals surface area contributed by atoms with Gasteiger partial charge in [-0.2, -0.15) is 0 Å². The Balaban J connectivity index is 1.89. The molecule has 0 radical (unpaired) electrons. The van der Waals surface area contributed by atoms with E-state index in [0.29, 0.717) is 19.5 Å². The number of aryl methyl sites for hydroxylation is 1. The molecule has 1 aliphatic rings. The van der Waals surface area contributed by atoms with E-state index in [1.165, 1.54) is 18.4 Å². The Morgan fingerprint density at radius 1 is 1.45 bits per heavy atom. The molecule has 4 nitrogen and oxygen atoms in total. The zero-order valence-electron chi connectivity index (χ0n) is 12.2. The van der Waals surface area contributed by atoms with Crippen molar-refractivity contribution in [1.82, 2.24) is 5.32 Å². The molecule has 1 amide bonds. The van der Waals surface area contributed by atoms with E-state index >= 15 is 0 Å². The molecule has 0 spiro atoms. The lowest BCUT2D eigenvalue weighted by Crippen LogP contribution is -2.23. The molecule has 0 bridgehead atoms. The van der Waals surface area contributed by atoms with Crippen LogP contribution in [0.3, 0.4) is 0 Å². The predicted octanol–water partition coefficient (Wildman–Crippen LogP) is 2.14. The number of nitrogens with one attached hydrogen (secondary N) is 1. The minimum Gasteiger partial charge on any atom is -0.493 e. The lowest BCUT2D eigenvalue weighted by molar-refractivity contribution is -0.121. The highest BCUT2D eigenvalue weighted by Gasteiger charge is 2.22. The van der Waals surface area contributed by atoms with Crippen LogP contribution in [-0.4, -0.2) is 19.1 Å². The molecular weight excluding hydrogens is 252 g/mol. The second-order valence-corrected chi connectivity index (χ2v) is 5.53. The Labute approximate surface area is 120 Å². The van der Waals surface area contributed by atoms with Gasteiger partial charge in [-0.1, -0.05) is 12.1 Å². The third-order valence-electron chi connectivity index (χ3n) is 3.48. The summed E-state index contributed by atoms with van der Waals surface area (Å²) < 4.78 is 5.88. The van der Waals surface area contributed by atoms with E-state index < -0.39 is 0 Å². The van der Waals surface area contributed by atoms with E-state index in [4.69, 9.17) is 10.5 Å². The topological polar surface area (TPSA) is 64.4 Å². The van der Waals surface area contributed by atoms with Gasteiger partial charge in [0.2, 0.25) is 5.91 Å². The van der Waals surface area contributed by atoms with Gasteiger partial charge in [0.1, 0.15) is 5.75 Å². The third kappa shape index (κ3) is 4.85. The summed E-state index contributed by atoms with van der Waals surface area (Å²) in [5.41, 5.74) is 7.61. The Bertz CT molecular complexity index is 456. The Morgan fingerprint density at radius 3 is 2.95 bits per heavy atom. The van der Waals surface area contributed by atoms with E-state index in [0.717, 1.165) is 30.3 Å². The number of nitrogens with two attached hydrogens (primary N) is 1. The minimum atomic E-state index is 0.0455. The summed E-state index contributed by atoms with van der Waals surface area (Å²) in [6.45, 7) is 3.91. The summed E-state index contributed by atoms with van der Waals surface area (Å²) in [4.78, 5) is 11.6. The average Bonchev–Trinajstić information content (AvgIpc) is 3.26. The quantitative estimate of drug-likeness (QED) is 0.764. The maximum Gasteiger partial charge on any atom is 0.220 e. The van der Waals surface area contributed by atoms with Crippen molar-refractivity contribution in [1.29, 1.82) is 0 Å². The molecule has 0 unspecified atom stereocenters. The van der Waals surface area contributed by atoms with E-state index in [1.807, 2.05) is 25.1 Å². The molecule has 2 rings (SSSR count). The Morgan fingerprint density at radius 2 is 2.25 bits per heavy atom. The highest BCUT2D eigenvalue weighted by atomic mass is 16.5. The lowest BCUT2D eigenvalue weighted by atomic mass is 10.1. The Kier molecular flexibility index (Phi) is 5.41. The fourth-order valence-corrected chi connectivity index (χ4v) is 1.98. The van der Waals surface area contributed by atoms with Gasteiger partial charge < -0.3 is 15.8 Å². The molecular formula is C16H24N2O2. The highest BCUT2D eigenvalue weighted by Crippen LogP contribution is 2.30. The molecule has 4 heteroatoms. The summed E-state index contributed by atoms with van der Waals surface area (Å²) in [5.74, 6) is 1.67. The van der Waals surface area contributed by atoms with Crippen LogP contribution < -0.4 is 15.8 Å². The zero-order chi connectivity index (χ0) is 14.4. The average molecular weight is 276 g/mol. The lowest BCUT2D eigenvalue weighted by Gasteiger charge is -2.13. The number of rotatable bonds is 8. The molecule has 1 aliphatic carbocycles. The molecule has 20 heavy (non-hydrogen) atoms. The number of amides is 1. The van der Waals surface area contributed by atoms with Crippen LogP contribution in [0.25, 0.3) is 0 Å². The van der Waals surface area contributed by atoms with Crippen LogP contribution in [0.4, 0.5) is 0 Å². The SMILES string of the molecule is Cc1ccc(CNC(=O)CCCN)c(OCC2CC2)c1. The fourth-order valence-electron chi connectivity index (χ4n) is 1.98. The van der Waals surface area contributed by atoms with Crippen LogP contribution in [0.15, 0.2) is 18.2 Å². The summed E-state index contributed by atoms with van der Waals surface area (Å²) in [7, 11) is 0. The molecule has 1 saturated carbocycles. The van der Waals surface area contributed by atoms with Crippen molar-refractivity contribution in [3.8, 4) is 5.75 Å². The molecule has 1 fully saturated rings. The van der Waals surface area contributed by atoms with Crippen LogP contribution in [-0.2, 0) is 11.3 Å². The van der Waals surface area contributed by atoms with Crippen molar-refractivity contribution < 1.29 is 9.53 Å². The molecule has 1 aromatic carbocycles. The first-order valence-electron chi connectivity index (χ1n) is 7.38. The molecule has 0 aromatic heterocycles. The third-order valence-corrected chi connectivity index (χ3v) is 3.48. The van der Waals surface area contributed by atoms with E-state index in [-0.39, 0.29) is 5.91 Å². The van der Waals surface area contributed by atoms with Crippen LogP contribution in [0.1, 0.15) is 36.8 Å². The number of carbonyl (C=O) groups is 1. The van der Waals surface area contributed by atoms with Gasteiger partial charge >= 0.3 is 0 Å². The van der Waals surface area contributed by atoms with E-state index in [1.54, 1.807) is 0 Å². The molecule has 1 aromatic rings. The Hall–Kier alpha value is -1.55. The second kappa shape index (κ2) is 7.29. The summed E-state index contributed by atoms with van der Waals surface area (Å²) in [6.07, 6.45) is 3.76. The first-order valence-corrected chi connectivity index (χ1v) is 7.38. The van der Waals surface area contributed by atoms with Gasteiger partial charge in [0, 0.05) is 18.5 Å². The van der Waals surface area contributed by atoms with Crippen molar-refractivity contribution in [2.75, 3.05) is 13.2 Å². The van der Waals surface area contributed by atoms with Crippen LogP contribution in [0.5, 0.6) is 5.75 Å². The molecule has 3 N–H and O–H groups in total. The van der Waals surface area contributed by atoms with Crippen LogP contribution >= 0.6 is 0 Å². The van der Waals surface area contributed by atoms with Gasteiger partial charge in [-0.3, -0.25) is 4.79 Å². The van der Waals surface area contributed by atoms with Gasteiger partial charge in [-0.25, -0.2) is 0 Å². The van der Waals surface area contributed by atoms with Crippen LogP contribution in [0.2, 0.25) is 0 Å². The minimum absolute atomic E-state index is 0.0455. The summed E-state index contributed by atoms with van der Waals surface area (Å²) in [6, 6.07) is 6.12. The standard InChI is InChI=1S/C16H24N2O2/c1-12-4-7-14(10-18-16(19)3-2-8-17)15(9-12)20-11-13-5-6-13/h4,7,9,13H,2-3,5-6,8,10-11,17H2,1H3,(H,18,19). The molecule has 0 atom stereocenters. The summed E-state index contributed by atoms with van der Waals surface area (Å²) >= 11 is 0. The van der Waals surface area contributed by atoms with Gasteiger partial charge in [-0.05, 0) is 50.3 Å². The van der Waals surface area contributed by atoms with Crippen molar-refractivity contribution in [2.24, 2.45) is 11.7 Å². The van der Waals surface area contributed by atoms with Crippen molar-refractivity contribution in [3.05, 3.63) is 29.3 Å². The highest BCUT2D eigenvalue weighted by molar-refractivity contribution is 5.75. The molecule has 0 aliphatic heterocycles. The normalized spacial score (nSPS) is 14.1. The van der Waals surface area contributed by atoms with E-state index in [2.05, 4.69) is 5.32 Å². The van der Waals surface area contributed by atoms with Gasteiger partial charge in [-0.15, -0.1) is 0 Å². The first kappa shape index (κ1) is 14.9. The van der Waals surface area contributed by atoms with Gasteiger partial charge in [0.05, 0.1) is 6.61 Å². The fraction of sp³-hybridized carbons (Fsp3) is 0.562. The predicted molar refractivity (Wildman–Crippen MR) is 79.5 cm³/mol. The van der Waals surface area contributed by atoms with Crippen molar-refractivity contribution >= 4 is 5.91 Å². The maximum absolute atomic E-state index is 11.6. The molecule has 0 saturated heterocycles. The monoisotopic (exact) mass is 276 g/mol. The molecule has 110 valence electrons. The van der Waals surface area contributed by atoms with Gasteiger partial charge in [0.15, 0.2) is 0 Å².